The van der Waals surface area contributed by atoms with E-state index in [9.17, 15) is 8.42 Å². The Balaban J connectivity index is 1.51. The first-order chi connectivity index (χ1) is 16.0. The Bertz CT molecular complexity index is 1230. The van der Waals surface area contributed by atoms with Crippen LogP contribution in [0.1, 0.15) is 16.8 Å². The molecule has 172 valence electrons. The lowest BCUT2D eigenvalue weighted by Gasteiger charge is -2.31. The van der Waals surface area contributed by atoms with Crippen LogP contribution in [0, 0.1) is 6.92 Å². The van der Waals surface area contributed by atoms with Crippen molar-refractivity contribution in [1.82, 2.24) is 14.3 Å². The van der Waals surface area contributed by atoms with Crippen LogP contribution in [0.4, 0.5) is 5.95 Å². The molecule has 1 aromatic heterocycles. The van der Waals surface area contributed by atoms with Gasteiger partial charge in [-0.25, -0.2) is 13.4 Å². The molecule has 0 spiro atoms. The summed E-state index contributed by atoms with van der Waals surface area (Å²) in [7, 11) is -3.65. The van der Waals surface area contributed by atoms with Gasteiger partial charge in [0.2, 0.25) is 21.9 Å². The fourth-order valence-electron chi connectivity index (χ4n) is 4.00. The highest BCUT2D eigenvalue weighted by atomic mass is 32.2. The normalized spacial score (nSPS) is 16.9. The second-order valence-electron chi connectivity index (χ2n) is 8.17. The van der Waals surface area contributed by atoms with Crippen molar-refractivity contribution in [2.24, 2.45) is 0 Å². The molecule has 0 saturated carbocycles. The van der Waals surface area contributed by atoms with Crippen LogP contribution in [0.15, 0.2) is 59.5 Å². The predicted octanol–water partition coefficient (Wildman–Crippen LogP) is 3.16. The smallest absolute Gasteiger partial charge is 0.243 e. The summed E-state index contributed by atoms with van der Waals surface area (Å²) in [6.45, 7) is 5.11. The molecule has 0 atom stereocenters. The Morgan fingerprint density at radius 1 is 0.939 bits per heavy atom. The van der Waals surface area contributed by atoms with Crippen molar-refractivity contribution in [3.05, 3.63) is 71.4 Å². The first-order valence-corrected chi connectivity index (χ1v) is 12.5. The van der Waals surface area contributed by atoms with Crippen LogP contribution >= 0.6 is 0 Å². The first-order valence-electron chi connectivity index (χ1n) is 11.0. The van der Waals surface area contributed by atoms with Gasteiger partial charge < -0.3 is 14.4 Å². The lowest BCUT2D eigenvalue weighted by Crippen LogP contribution is -2.39. The Morgan fingerprint density at radius 3 is 2.39 bits per heavy atom. The van der Waals surface area contributed by atoms with Crippen molar-refractivity contribution in [3.8, 4) is 11.6 Å². The van der Waals surface area contributed by atoms with Crippen LogP contribution < -0.4 is 9.64 Å². The Morgan fingerprint density at radius 2 is 1.67 bits per heavy atom. The minimum Gasteiger partial charge on any atom is -0.439 e. The number of hydrogen-bond donors (Lipinski definition) is 0. The Labute approximate surface area is 193 Å². The van der Waals surface area contributed by atoms with Crippen LogP contribution in [0.5, 0.6) is 11.6 Å². The number of aryl methyl sites for hydroxylation is 1. The number of rotatable bonds is 5. The van der Waals surface area contributed by atoms with Crippen LogP contribution in [-0.4, -0.2) is 55.5 Å². The highest BCUT2D eigenvalue weighted by molar-refractivity contribution is 7.89. The molecular weight excluding hydrogens is 440 g/mol. The van der Waals surface area contributed by atoms with Gasteiger partial charge in [-0.3, -0.25) is 0 Å². The SMILES string of the molecule is Cc1ccc(S(=O)(=O)N2CCc3nc(N4CCOCC4)nc(Oc4ccccc4)c3C2)cc1. The van der Waals surface area contributed by atoms with Gasteiger partial charge in [0.25, 0.3) is 0 Å². The third-order valence-corrected chi connectivity index (χ3v) is 7.75. The number of sulfonamides is 1. The number of morpholine rings is 1. The first kappa shape index (κ1) is 21.8. The summed E-state index contributed by atoms with van der Waals surface area (Å²) in [6, 6.07) is 16.3. The largest absolute Gasteiger partial charge is 0.439 e. The highest BCUT2D eigenvalue weighted by Gasteiger charge is 2.32. The molecule has 8 nitrogen and oxygen atoms in total. The molecule has 1 fully saturated rings. The maximum Gasteiger partial charge on any atom is 0.243 e. The molecule has 0 unspecified atom stereocenters. The minimum atomic E-state index is -3.65. The lowest BCUT2D eigenvalue weighted by atomic mass is 10.1. The number of hydrogen-bond acceptors (Lipinski definition) is 7. The van der Waals surface area contributed by atoms with E-state index in [4.69, 9.17) is 19.4 Å². The van der Waals surface area contributed by atoms with Gasteiger partial charge in [0, 0.05) is 32.6 Å². The monoisotopic (exact) mass is 466 g/mol. The van der Waals surface area contributed by atoms with E-state index in [1.165, 1.54) is 4.31 Å². The third kappa shape index (κ3) is 4.57. The zero-order valence-corrected chi connectivity index (χ0v) is 19.3. The number of fused-ring (bicyclic) bond motifs is 1. The van der Waals surface area contributed by atoms with Crippen LogP contribution in [0.25, 0.3) is 0 Å². The second-order valence-corrected chi connectivity index (χ2v) is 10.1. The molecule has 0 radical (unpaired) electrons. The van der Waals surface area contributed by atoms with Crippen molar-refractivity contribution in [3.63, 3.8) is 0 Å². The van der Waals surface area contributed by atoms with Gasteiger partial charge in [-0.05, 0) is 31.2 Å². The van der Waals surface area contributed by atoms with Crippen molar-refractivity contribution in [1.29, 1.82) is 0 Å². The molecule has 0 bridgehead atoms. The molecule has 2 aliphatic rings. The standard InChI is InChI=1S/C24H26N4O4S/c1-18-7-9-20(10-8-18)33(29,30)28-12-11-22-21(17-28)23(32-19-5-3-2-4-6-19)26-24(25-22)27-13-15-31-16-14-27/h2-10H,11-17H2,1H3. The van der Waals surface area contributed by atoms with E-state index < -0.39 is 10.0 Å². The number of aromatic nitrogens is 2. The fraction of sp³-hybridized carbons (Fsp3) is 0.333. The number of anilines is 1. The van der Waals surface area contributed by atoms with E-state index in [0.717, 1.165) is 11.3 Å². The van der Waals surface area contributed by atoms with E-state index in [2.05, 4.69) is 4.90 Å². The summed E-state index contributed by atoms with van der Waals surface area (Å²) in [6.07, 6.45) is 0.492. The molecule has 2 aromatic carbocycles. The number of para-hydroxylation sites is 1. The van der Waals surface area contributed by atoms with Crippen LogP contribution in [-0.2, 0) is 27.7 Å². The van der Waals surface area contributed by atoms with Crippen molar-refractivity contribution >= 4 is 16.0 Å². The van der Waals surface area contributed by atoms with Crippen molar-refractivity contribution < 1.29 is 17.9 Å². The summed E-state index contributed by atoms with van der Waals surface area (Å²) < 4.78 is 39.7. The van der Waals surface area contributed by atoms with Crippen LogP contribution in [0.3, 0.4) is 0 Å². The van der Waals surface area contributed by atoms with Gasteiger partial charge in [-0.15, -0.1) is 0 Å². The third-order valence-electron chi connectivity index (χ3n) is 5.89. The number of ether oxygens (including phenoxy) is 2. The van der Waals surface area contributed by atoms with Gasteiger partial charge in [0.05, 0.1) is 29.4 Å². The topological polar surface area (TPSA) is 84.9 Å². The molecule has 5 rings (SSSR count). The average Bonchev–Trinajstić information content (AvgIpc) is 2.85. The van der Waals surface area contributed by atoms with Gasteiger partial charge in [-0.1, -0.05) is 35.9 Å². The zero-order valence-electron chi connectivity index (χ0n) is 18.5. The van der Waals surface area contributed by atoms with E-state index in [1.807, 2.05) is 49.4 Å². The van der Waals surface area contributed by atoms with Crippen molar-refractivity contribution in [2.75, 3.05) is 37.7 Å². The average molecular weight is 467 g/mol. The van der Waals surface area contributed by atoms with E-state index in [-0.39, 0.29) is 11.4 Å². The van der Waals surface area contributed by atoms with Crippen LogP contribution in [0.2, 0.25) is 0 Å². The molecule has 9 heteroatoms. The second kappa shape index (κ2) is 9.09. The van der Waals surface area contributed by atoms with E-state index >= 15 is 0 Å². The van der Waals surface area contributed by atoms with Gasteiger partial charge in [-0.2, -0.15) is 9.29 Å². The zero-order chi connectivity index (χ0) is 22.8. The molecule has 3 aromatic rings. The summed E-state index contributed by atoms with van der Waals surface area (Å²) in [5, 5.41) is 0. The fourth-order valence-corrected chi connectivity index (χ4v) is 5.41. The quantitative estimate of drug-likeness (QED) is 0.571. The van der Waals surface area contributed by atoms with Gasteiger partial charge >= 0.3 is 0 Å². The summed E-state index contributed by atoms with van der Waals surface area (Å²) in [4.78, 5) is 11.9. The highest BCUT2D eigenvalue weighted by Crippen LogP contribution is 2.33. The maximum atomic E-state index is 13.3. The van der Waals surface area contributed by atoms with Gasteiger partial charge in [0.1, 0.15) is 5.75 Å². The molecule has 2 aliphatic heterocycles. The molecule has 33 heavy (non-hydrogen) atoms. The summed E-state index contributed by atoms with van der Waals surface area (Å²) >= 11 is 0. The molecule has 1 saturated heterocycles. The Hall–Kier alpha value is -3.01. The summed E-state index contributed by atoms with van der Waals surface area (Å²) in [5.74, 6) is 1.64. The minimum absolute atomic E-state index is 0.164. The number of nitrogens with zero attached hydrogens (tertiary/aromatic N) is 4. The number of benzene rings is 2. The van der Waals surface area contributed by atoms with Gasteiger partial charge in [0.15, 0.2) is 0 Å². The molecular formula is C24H26N4O4S. The van der Waals surface area contributed by atoms with E-state index in [1.54, 1.807) is 12.1 Å². The molecule has 0 amide bonds. The van der Waals surface area contributed by atoms with E-state index in [0.29, 0.717) is 62.4 Å². The Kier molecular flexibility index (Phi) is 6.01. The lowest BCUT2D eigenvalue weighted by molar-refractivity contribution is 0.122. The molecule has 3 heterocycles. The predicted molar refractivity (Wildman–Crippen MR) is 124 cm³/mol. The summed E-state index contributed by atoms with van der Waals surface area (Å²) in [5.41, 5.74) is 2.55. The molecule has 0 N–H and O–H groups in total. The molecule has 0 aliphatic carbocycles. The van der Waals surface area contributed by atoms with Crippen molar-refractivity contribution in [2.45, 2.75) is 24.8 Å². The maximum absolute atomic E-state index is 13.3.